The van der Waals surface area contributed by atoms with Crippen LogP contribution in [0, 0.1) is 11.7 Å². The highest BCUT2D eigenvalue weighted by Gasteiger charge is 2.41. The number of benzene rings is 2. The van der Waals surface area contributed by atoms with Crippen molar-refractivity contribution in [3.63, 3.8) is 0 Å². The van der Waals surface area contributed by atoms with Crippen LogP contribution in [-0.4, -0.2) is 39.2 Å². The first kappa shape index (κ1) is 18.3. The van der Waals surface area contributed by atoms with E-state index in [1.807, 2.05) is 49.6 Å². The highest BCUT2D eigenvalue weighted by atomic mass is 19.1. The summed E-state index contributed by atoms with van der Waals surface area (Å²) < 4.78 is 16.8. The third-order valence-electron chi connectivity index (χ3n) is 5.46. The van der Waals surface area contributed by atoms with Crippen molar-refractivity contribution in [3.05, 3.63) is 59.9 Å². The second-order valence-corrected chi connectivity index (χ2v) is 6.98. The molecule has 28 heavy (non-hydrogen) atoms. The molecule has 2 unspecified atom stereocenters. The number of hydrogen-bond donors (Lipinski definition) is 0. The lowest BCUT2D eigenvalue weighted by molar-refractivity contribution is -0.133. The maximum atomic E-state index is 14.9. The van der Waals surface area contributed by atoms with Crippen LogP contribution in [0.1, 0.15) is 32.4 Å². The average Bonchev–Trinajstić information content (AvgIpc) is 3.06. The molecule has 1 aliphatic rings. The Balaban J connectivity index is 1.99. The van der Waals surface area contributed by atoms with Crippen molar-refractivity contribution in [2.45, 2.75) is 26.8 Å². The van der Waals surface area contributed by atoms with Crippen molar-refractivity contribution in [1.82, 2.24) is 14.5 Å². The summed E-state index contributed by atoms with van der Waals surface area (Å²) in [6.45, 7) is 6.93. The molecule has 1 aromatic heterocycles. The normalized spacial score (nSPS) is 18.6. The standard InChI is InChI=1S/C22H23FN4O/c1-4-26(5-2)21(28)19-14(3)24-22-25-17-12-8-9-13-18(17)27(22)20(19)15-10-6-7-11-16(15)23/h6-13,19-20H,4-5H2,1-3H3. The fourth-order valence-corrected chi connectivity index (χ4v) is 4.07. The van der Waals surface area contributed by atoms with E-state index in [2.05, 4.69) is 9.98 Å². The molecule has 0 N–H and O–H groups in total. The topological polar surface area (TPSA) is 50.5 Å². The third kappa shape index (κ3) is 2.80. The van der Waals surface area contributed by atoms with Crippen molar-refractivity contribution in [1.29, 1.82) is 0 Å². The van der Waals surface area contributed by atoms with Crippen molar-refractivity contribution in [3.8, 4) is 0 Å². The average molecular weight is 378 g/mol. The predicted octanol–water partition coefficient (Wildman–Crippen LogP) is 4.36. The van der Waals surface area contributed by atoms with Crippen LogP contribution in [0.15, 0.2) is 53.5 Å². The first-order valence-electron chi connectivity index (χ1n) is 9.62. The lowest BCUT2D eigenvalue weighted by Gasteiger charge is -2.35. The highest BCUT2D eigenvalue weighted by molar-refractivity contribution is 6.06. The molecule has 2 heterocycles. The number of hydrogen-bond acceptors (Lipinski definition) is 3. The van der Waals surface area contributed by atoms with Crippen LogP contribution < -0.4 is 0 Å². The minimum Gasteiger partial charge on any atom is -0.343 e. The number of fused-ring (bicyclic) bond motifs is 3. The van der Waals surface area contributed by atoms with E-state index in [1.165, 1.54) is 6.07 Å². The highest BCUT2D eigenvalue weighted by Crippen LogP contribution is 2.41. The number of rotatable bonds is 4. The number of amides is 1. The van der Waals surface area contributed by atoms with Gasteiger partial charge in [0.1, 0.15) is 11.7 Å². The molecule has 3 aromatic rings. The largest absolute Gasteiger partial charge is 0.343 e. The summed E-state index contributed by atoms with van der Waals surface area (Å²) in [7, 11) is 0. The molecule has 0 spiro atoms. The van der Waals surface area contributed by atoms with Gasteiger partial charge >= 0.3 is 0 Å². The van der Waals surface area contributed by atoms with Crippen LogP contribution in [0.4, 0.5) is 10.3 Å². The van der Waals surface area contributed by atoms with Crippen LogP contribution in [0.2, 0.25) is 0 Å². The molecule has 6 heteroatoms. The van der Waals surface area contributed by atoms with Crippen molar-refractivity contribution in [2.24, 2.45) is 10.9 Å². The van der Waals surface area contributed by atoms with Gasteiger partial charge in [-0.25, -0.2) is 14.4 Å². The fourth-order valence-electron chi connectivity index (χ4n) is 4.07. The molecular formula is C22H23FN4O. The quantitative estimate of drug-likeness (QED) is 0.677. The van der Waals surface area contributed by atoms with Crippen molar-refractivity contribution in [2.75, 3.05) is 13.1 Å². The van der Waals surface area contributed by atoms with Gasteiger partial charge in [0.2, 0.25) is 11.9 Å². The Hall–Kier alpha value is -3.02. The second-order valence-electron chi connectivity index (χ2n) is 6.98. The molecule has 0 saturated heterocycles. The van der Waals surface area contributed by atoms with Gasteiger partial charge in [0, 0.05) is 24.4 Å². The molecule has 0 bridgehead atoms. The van der Waals surface area contributed by atoms with E-state index < -0.39 is 12.0 Å². The number of halogens is 1. The second kappa shape index (κ2) is 7.19. The molecule has 2 aromatic carbocycles. The number of carbonyl (C=O) groups is 1. The minimum atomic E-state index is -0.582. The van der Waals surface area contributed by atoms with Gasteiger partial charge in [-0.1, -0.05) is 30.3 Å². The van der Waals surface area contributed by atoms with E-state index in [0.717, 1.165) is 11.0 Å². The van der Waals surface area contributed by atoms with Gasteiger partial charge in [0.05, 0.1) is 17.1 Å². The smallest absolute Gasteiger partial charge is 0.233 e. The maximum absolute atomic E-state index is 14.9. The van der Waals surface area contributed by atoms with E-state index >= 15 is 0 Å². The number of imidazole rings is 1. The number of aromatic nitrogens is 2. The molecule has 0 fully saturated rings. The third-order valence-corrected chi connectivity index (χ3v) is 5.46. The van der Waals surface area contributed by atoms with Gasteiger partial charge < -0.3 is 4.90 Å². The molecule has 2 atom stereocenters. The van der Waals surface area contributed by atoms with E-state index in [9.17, 15) is 9.18 Å². The number of aliphatic imine (C=N–C) groups is 1. The number of nitrogens with zero attached hydrogens (tertiary/aromatic N) is 4. The molecule has 144 valence electrons. The predicted molar refractivity (Wildman–Crippen MR) is 108 cm³/mol. The van der Waals surface area contributed by atoms with Crippen LogP contribution in [-0.2, 0) is 4.79 Å². The van der Waals surface area contributed by atoms with E-state index in [1.54, 1.807) is 23.1 Å². The Bertz CT molecular complexity index is 1070. The first-order chi connectivity index (χ1) is 13.6. The Morgan fingerprint density at radius 1 is 1.11 bits per heavy atom. The van der Waals surface area contributed by atoms with Crippen LogP contribution in [0.5, 0.6) is 0 Å². The van der Waals surface area contributed by atoms with Crippen LogP contribution in [0.25, 0.3) is 11.0 Å². The van der Waals surface area contributed by atoms with Gasteiger partial charge in [0.15, 0.2) is 0 Å². The van der Waals surface area contributed by atoms with E-state index in [-0.39, 0.29) is 11.7 Å². The molecule has 1 amide bonds. The Labute approximate surface area is 163 Å². The number of para-hydroxylation sites is 2. The summed E-state index contributed by atoms with van der Waals surface area (Å²) in [4.78, 5) is 24.5. The number of carbonyl (C=O) groups excluding carboxylic acids is 1. The Kier molecular flexibility index (Phi) is 4.71. The van der Waals surface area contributed by atoms with Gasteiger partial charge in [0.25, 0.3) is 0 Å². The summed E-state index contributed by atoms with van der Waals surface area (Å²) in [5.41, 5.74) is 2.77. The molecule has 0 radical (unpaired) electrons. The van der Waals surface area contributed by atoms with Gasteiger partial charge in [-0.2, -0.15) is 0 Å². The Morgan fingerprint density at radius 3 is 2.50 bits per heavy atom. The zero-order valence-corrected chi connectivity index (χ0v) is 16.3. The molecule has 0 aliphatic carbocycles. The summed E-state index contributed by atoms with van der Waals surface area (Å²) in [6.07, 6.45) is 0. The van der Waals surface area contributed by atoms with E-state index in [0.29, 0.717) is 30.3 Å². The monoisotopic (exact) mass is 378 g/mol. The molecule has 4 rings (SSSR count). The van der Waals surface area contributed by atoms with Crippen molar-refractivity contribution < 1.29 is 9.18 Å². The van der Waals surface area contributed by atoms with Gasteiger partial charge in [-0.15, -0.1) is 0 Å². The molecular weight excluding hydrogens is 355 g/mol. The van der Waals surface area contributed by atoms with E-state index in [4.69, 9.17) is 0 Å². The summed E-state index contributed by atoms with van der Waals surface area (Å²) >= 11 is 0. The zero-order chi connectivity index (χ0) is 19.8. The Morgan fingerprint density at radius 2 is 1.79 bits per heavy atom. The van der Waals surface area contributed by atoms with Crippen LogP contribution in [0.3, 0.4) is 0 Å². The summed E-state index contributed by atoms with van der Waals surface area (Å²) in [5.74, 6) is -0.441. The fraction of sp³-hybridized carbons (Fsp3) is 0.318. The minimum absolute atomic E-state index is 0.0389. The SMILES string of the molecule is CCN(CC)C(=O)C1C(C)=Nc2nc3ccccc3n2C1c1ccccc1F. The van der Waals surface area contributed by atoms with Crippen molar-refractivity contribution >= 4 is 28.6 Å². The maximum Gasteiger partial charge on any atom is 0.233 e. The summed E-state index contributed by atoms with van der Waals surface area (Å²) in [5, 5.41) is 0. The summed E-state index contributed by atoms with van der Waals surface area (Å²) in [6, 6.07) is 13.8. The lowest BCUT2D eigenvalue weighted by atomic mass is 9.86. The molecule has 5 nitrogen and oxygen atoms in total. The lowest BCUT2D eigenvalue weighted by Crippen LogP contribution is -2.44. The molecule has 1 aliphatic heterocycles. The molecule has 0 saturated carbocycles. The first-order valence-corrected chi connectivity index (χ1v) is 9.62. The van der Waals surface area contributed by atoms with Gasteiger partial charge in [-0.3, -0.25) is 9.36 Å². The van der Waals surface area contributed by atoms with Crippen LogP contribution >= 0.6 is 0 Å². The van der Waals surface area contributed by atoms with Gasteiger partial charge in [-0.05, 0) is 39.0 Å². The zero-order valence-electron chi connectivity index (χ0n) is 16.3.